The third-order valence-corrected chi connectivity index (χ3v) is 3.13. The van der Waals surface area contributed by atoms with Crippen LogP contribution in [0.4, 0.5) is 5.69 Å². The third kappa shape index (κ3) is 2.38. The Balaban J connectivity index is 2.28. The van der Waals surface area contributed by atoms with Crippen molar-refractivity contribution >= 4 is 17.6 Å². The van der Waals surface area contributed by atoms with E-state index in [1.807, 2.05) is 36.4 Å². The van der Waals surface area contributed by atoms with Crippen molar-refractivity contribution in [1.29, 1.82) is 0 Å². The number of anilines is 1. The number of para-hydroxylation sites is 1. The predicted octanol–water partition coefficient (Wildman–Crippen LogP) is 2.83. The van der Waals surface area contributed by atoms with Gasteiger partial charge in [-0.1, -0.05) is 42.5 Å². The van der Waals surface area contributed by atoms with Gasteiger partial charge in [0.05, 0.1) is 5.69 Å². The predicted molar refractivity (Wildman–Crippen MR) is 70.1 cm³/mol. The van der Waals surface area contributed by atoms with E-state index in [0.29, 0.717) is 0 Å². The van der Waals surface area contributed by atoms with Crippen molar-refractivity contribution in [2.75, 3.05) is 5.73 Å². The Morgan fingerprint density at radius 2 is 1.69 bits per heavy atom. The van der Waals surface area contributed by atoms with E-state index in [1.54, 1.807) is 0 Å². The minimum Gasteiger partial charge on any atom is -0.398 e. The summed E-state index contributed by atoms with van der Waals surface area (Å²) >= 11 is 1.20. The largest absolute Gasteiger partial charge is 0.398 e. The number of nitrogen functional groups attached to an aromatic ring is 1. The first-order valence-corrected chi connectivity index (χ1v) is 5.97. The second-order valence-corrected chi connectivity index (χ2v) is 4.28. The minimum atomic E-state index is 0.791. The Morgan fingerprint density at radius 3 is 2.38 bits per heavy atom. The zero-order valence-corrected chi connectivity index (χ0v) is 9.71. The molecule has 4 N–H and O–H groups in total. The molecule has 0 bridgehead atoms. The molecule has 0 unspecified atom stereocenters. The summed E-state index contributed by atoms with van der Waals surface area (Å²) in [6.07, 6.45) is 0.848. The first kappa shape index (κ1) is 11.0. The van der Waals surface area contributed by atoms with Crippen LogP contribution in [0.25, 0.3) is 0 Å². The summed E-state index contributed by atoms with van der Waals surface area (Å²) in [4.78, 5) is 0.938. The minimum absolute atomic E-state index is 0.791. The zero-order valence-electron chi connectivity index (χ0n) is 8.89. The van der Waals surface area contributed by atoms with Crippen molar-refractivity contribution in [2.24, 2.45) is 5.14 Å². The van der Waals surface area contributed by atoms with Gasteiger partial charge in [0, 0.05) is 4.90 Å². The number of benzene rings is 2. The lowest BCUT2D eigenvalue weighted by molar-refractivity contribution is 1.18. The highest BCUT2D eigenvalue weighted by Crippen LogP contribution is 2.25. The summed E-state index contributed by atoms with van der Waals surface area (Å²) in [6.45, 7) is 0. The normalized spacial score (nSPS) is 10.3. The lowest BCUT2D eigenvalue weighted by Gasteiger charge is -2.08. The van der Waals surface area contributed by atoms with E-state index in [4.69, 9.17) is 10.9 Å². The van der Waals surface area contributed by atoms with E-state index < -0.39 is 0 Å². The Bertz CT molecular complexity index is 469. The maximum Gasteiger partial charge on any atom is 0.0501 e. The van der Waals surface area contributed by atoms with Crippen molar-refractivity contribution in [3.8, 4) is 0 Å². The van der Waals surface area contributed by atoms with Crippen LogP contribution in [0.2, 0.25) is 0 Å². The fourth-order valence-corrected chi connectivity index (χ4v) is 2.08. The van der Waals surface area contributed by atoms with Gasteiger partial charge in [-0.3, -0.25) is 5.14 Å². The highest BCUT2D eigenvalue weighted by Gasteiger charge is 2.04. The monoisotopic (exact) mass is 230 g/mol. The summed E-state index contributed by atoms with van der Waals surface area (Å²) in [6, 6.07) is 16.3. The highest BCUT2D eigenvalue weighted by molar-refractivity contribution is 7.97. The van der Waals surface area contributed by atoms with E-state index in [-0.39, 0.29) is 0 Å². The van der Waals surface area contributed by atoms with E-state index in [9.17, 15) is 0 Å². The Labute approximate surface area is 99.8 Å². The molecule has 0 aliphatic heterocycles. The molecule has 0 aliphatic carbocycles. The molecule has 0 aliphatic rings. The molecule has 2 rings (SSSR count). The lowest BCUT2D eigenvalue weighted by Crippen LogP contribution is -1.98. The molecule has 0 atom stereocenters. The summed E-state index contributed by atoms with van der Waals surface area (Å²) in [5, 5.41) is 5.55. The molecular formula is C13H14N2S. The van der Waals surface area contributed by atoms with Crippen LogP contribution in [0, 0.1) is 0 Å². The van der Waals surface area contributed by atoms with Gasteiger partial charge in [-0.2, -0.15) is 0 Å². The topological polar surface area (TPSA) is 52.0 Å². The van der Waals surface area contributed by atoms with E-state index in [1.165, 1.54) is 17.5 Å². The van der Waals surface area contributed by atoms with E-state index in [2.05, 4.69) is 12.1 Å². The van der Waals surface area contributed by atoms with Gasteiger partial charge >= 0.3 is 0 Å². The fourth-order valence-electron chi connectivity index (χ4n) is 1.66. The van der Waals surface area contributed by atoms with Gasteiger partial charge in [0.25, 0.3) is 0 Å². The Morgan fingerprint density at radius 1 is 0.938 bits per heavy atom. The molecule has 0 heterocycles. The number of hydrogen-bond donors (Lipinski definition) is 2. The number of hydrogen-bond acceptors (Lipinski definition) is 3. The molecule has 82 valence electrons. The second-order valence-electron chi connectivity index (χ2n) is 3.61. The molecule has 16 heavy (non-hydrogen) atoms. The summed E-state index contributed by atoms with van der Waals surface area (Å²) in [7, 11) is 0. The first-order valence-electron chi connectivity index (χ1n) is 5.09. The van der Waals surface area contributed by atoms with Gasteiger partial charge in [0.1, 0.15) is 0 Å². The van der Waals surface area contributed by atoms with Crippen molar-refractivity contribution < 1.29 is 0 Å². The third-order valence-electron chi connectivity index (χ3n) is 2.52. The summed E-state index contributed by atoms with van der Waals surface area (Å²) in [5.74, 6) is 0. The fraction of sp³-hybridized carbons (Fsp3) is 0.0769. The Kier molecular flexibility index (Phi) is 3.49. The molecule has 0 radical (unpaired) electrons. The smallest absolute Gasteiger partial charge is 0.0501 e. The van der Waals surface area contributed by atoms with Gasteiger partial charge in [0.2, 0.25) is 0 Å². The zero-order chi connectivity index (χ0) is 11.4. The average molecular weight is 230 g/mol. The number of nitrogens with two attached hydrogens (primary N) is 2. The maximum absolute atomic E-state index is 6.04. The van der Waals surface area contributed by atoms with Crippen LogP contribution in [0.3, 0.4) is 0 Å². The molecule has 2 aromatic rings. The van der Waals surface area contributed by atoms with E-state index in [0.717, 1.165) is 22.6 Å². The van der Waals surface area contributed by atoms with E-state index >= 15 is 0 Å². The molecule has 0 aromatic heterocycles. The standard InChI is InChI=1S/C13H14N2S/c14-13-11(7-4-8-12(13)16-15)9-10-5-2-1-3-6-10/h1-8H,9,14-15H2. The van der Waals surface area contributed by atoms with Gasteiger partial charge < -0.3 is 5.73 Å². The van der Waals surface area contributed by atoms with Crippen LogP contribution >= 0.6 is 11.9 Å². The van der Waals surface area contributed by atoms with Crippen molar-refractivity contribution in [2.45, 2.75) is 11.3 Å². The molecule has 0 fully saturated rings. The van der Waals surface area contributed by atoms with Crippen LogP contribution < -0.4 is 10.9 Å². The molecule has 2 nitrogen and oxygen atoms in total. The van der Waals surface area contributed by atoms with Crippen molar-refractivity contribution in [3.63, 3.8) is 0 Å². The van der Waals surface area contributed by atoms with Crippen LogP contribution in [-0.2, 0) is 6.42 Å². The summed E-state index contributed by atoms with van der Waals surface area (Å²) < 4.78 is 0. The molecule has 3 heteroatoms. The molecule has 0 saturated carbocycles. The Hall–Kier alpha value is -1.45. The first-order chi connectivity index (χ1) is 7.81. The van der Waals surface area contributed by atoms with Crippen LogP contribution in [-0.4, -0.2) is 0 Å². The van der Waals surface area contributed by atoms with Crippen molar-refractivity contribution in [1.82, 2.24) is 0 Å². The molecule has 2 aromatic carbocycles. The molecule has 0 saturated heterocycles. The van der Waals surface area contributed by atoms with Gasteiger partial charge in [-0.05, 0) is 35.6 Å². The maximum atomic E-state index is 6.04. The molecule has 0 spiro atoms. The second kappa shape index (κ2) is 5.05. The van der Waals surface area contributed by atoms with Crippen LogP contribution in [0.1, 0.15) is 11.1 Å². The summed E-state index contributed by atoms with van der Waals surface area (Å²) in [5.41, 5.74) is 9.22. The average Bonchev–Trinajstić information content (AvgIpc) is 2.33. The molecule has 0 amide bonds. The van der Waals surface area contributed by atoms with Gasteiger partial charge in [-0.15, -0.1) is 0 Å². The quantitative estimate of drug-likeness (QED) is 0.629. The van der Waals surface area contributed by atoms with Crippen LogP contribution in [0.15, 0.2) is 53.4 Å². The number of rotatable bonds is 3. The van der Waals surface area contributed by atoms with Crippen molar-refractivity contribution in [3.05, 3.63) is 59.7 Å². The van der Waals surface area contributed by atoms with Crippen LogP contribution in [0.5, 0.6) is 0 Å². The molecular weight excluding hydrogens is 216 g/mol. The SMILES string of the molecule is NSc1cccc(Cc2ccccc2)c1N. The highest BCUT2D eigenvalue weighted by atomic mass is 32.2. The van der Waals surface area contributed by atoms with Gasteiger partial charge in [0.15, 0.2) is 0 Å². The lowest BCUT2D eigenvalue weighted by atomic mass is 10.0. The van der Waals surface area contributed by atoms with Gasteiger partial charge in [-0.25, -0.2) is 0 Å².